The summed E-state index contributed by atoms with van der Waals surface area (Å²) in [7, 11) is 0. The summed E-state index contributed by atoms with van der Waals surface area (Å²) in [5.41, 5.74) is 2.24. The number of ether oxygens (including phenoxy) is 1. The number of fused-ring (bicyclic) bond motifs is 1. The number of carbonyl (C=O) groups is 1. The molecule has 0 atom stereocenters. The number of imidazole rings is 1. The molecule has 1 N–H and O–H groups in total. The van der Waals surface area contributed by atoms with E-state index in [1.165, 1.54) is 0 Å². The van der Waals surface area contributed by atoms with Crippen LogP contribution in [0.25, 0.3) is 11.4 Å². The highest BCUT2D eigenvalue weighted by Gasteiger charge is 2.28. The Kier molecular flexibility index (Phi) is 4.62. The minimum absolute atomic E-state index is 0.301. The number of halogens is 2. The summed E-state index contributed by atoms with van der Waals surface area (Å²) in [5, 5.41) is 0.633. The van der Waals surface area contributed by atoms with Gasteiger partial charge in [-0.1, -0.05) is 27.5 Å². The molecule has 0 fully saturated rings. The van der Waals surface area contributed by atoms with Gasteiger partial charge in [-0.3, -0.25) is 0 Å². The molecule has 128 valence electrons. The lowest BCUT2D eigenvalue weighted by atomic mass is 10.1. The highest BCUT2D eigenvalue weighted by atomic mass is 79.9. The predicted octanol–water partition coefficient (Wildman–Crippen LogP) is 4.79. The van der Waals surface area contributed by atoms with Crippen molar-refractivity contribution in [1.29, 1.82) is 0 Å². The Bertz CT molecular complexity index is 783. The fourth-order valence-electron chi connectivity index (χ4n) is 2.58. The smallest absolute Gasteiger partial charge is 0.410 e. The molecule has 0 bridgehead atoms. The Morgan fingerprint density at radius 3 is 2.88 bits per heavy atom. The van der Waals surface area contributed by atoms with E-state index < -0.39 is 5.60 Å². The molecule has 0 aliphatic carbocycles. The molecule has 0 radical (unpaired) electrons. The van der Waals surface area contributed by atoms with Crippen LogP contribution in [-0.4, -0.2) is 33.1 Å². The van der Waals surface area contributed by atoms with Gasteiger partial charge in [0, 0.05) is 23.0 Å². The summed E-state index contributed by atoms with van der Waals surface area (Å²) in [6.45, 7) is 6.65. The number of aromatic nitrogens is 2. The second kappa shape index (κ2) is 6.41. The topological polar surface area (TPSA) is 58.2 Å². The van der Waals surface area contributed by atoms with Gasteiger partial charge in [0.25, 0.3) is 0 Å². The Hall–Kier alpha value is -1.53. The summed E-state index contributed by atoms with van der Waals surface area (Å²) < 4.78 is 6.38. The fourth-order valence-corrected chi connectivity index (χ4v) is 3.15. The molecule has 1 amide bonds. The highest BCUT2D eigenvalue weighted by Crippen LogP contribution is 2.31. The van der Waals surface area contributed by atoms with E-state index in [2.05, 4.69) is 25.9 Å². The first-order valence-corrected chi connectivity index (χ1v) is 8.91. The van der Waals surface area contributed by atoms with Gasteiger partial charge in [0.1, 0.15) is 11.4 Å². The van der Waals surface area contributed by atoms with Crippen LogP contribution in [0.1, 0.15) is 32.2 Å². The lowest BCUT2D eigenvalue weighted by Crippen LogP contribution is -2.39. The minimum Gasteiger partial charge on any atom is -0.444 e. The van der Waals surface area contributed by atoms with Crippen molar-refractivity contribution in [2.45, 2.75) is 39.3 Å². The minimum atomic E-state index is -0.500. The Labute approximate surface area is 154 Å². The summed E-state index contributed by atoms with van der Waals surface area (Å²) in [6, 6.07) is 5.65. The summed E-state index contributed by atoms with van der Waals surface area (Å²) >= 11 is 9.73. The monoisotopic (exact) mass is 411 g/mol. The first kappa shape index (κ1) is 17.3. The molecule has 1 aromatic carbocycles. The summed E-state index contributed by atoms with van der Waals surface area (Å²) in [6.07, 6.45) is 0.390. The van der Waals surface area contributed by atoms with Gasteiger partial charge in [-0.2, -0.15) is 0 Å². The number of hydrogen-bond acceptors (Lipinski definition) is 3. The van der Waals surface area contributed by atoms with Crippen molar-refractivity contribution in [1.82, 2.24) is 14.9 Å². The Morgan fingerprint density at radius 1 is 1.42 bits per heavy atom. The van der Waals surface area contributed by atoms with Crippen molar-refractivity contribution >= 4 is 33.6 Å². The van der Waals surface area contributed by atoms with E-state index in [0.717, 1.165) is 27.2 Å². The average Bonchev–Trinajstić information content (AvgIpc) is 2.90. The molecule has 24 heavy (non-hydrogen) atoms. The number of benzene rings is 1. The summed E-state index contributed by atoms with van der Waals surface area (Å²) in [4.78, 5) is 21.9. The second-order valence-corrected chi connectivity index (χ2v) is 8.11. The van der Waals surface area contributed by atoms with Crippen LogP contribution >= 0.6 is 27.5 Å². The number of carbonyl (C=O) groups excluding carboxylic acids is 1. The Balaban J connectivity index is 1.82. The molecule has 7 heteroatoms. The van der Waals surface area contributed by atoms with Crippen LogP contribution in [0.4, 0.5) is 4.79 Å². The molecule has 0 unspecified atom stereocenters. The van der Waals surface area contributed by atoms with Crippen molar-refractivity contribution in [2.75, 3.05) is 6.54 Å². The van der Waals surface area contributed by atoms with E-state index >= 15 is 0 Å². The van der Waals surface area contributed by atoms with Gasteiger partial charge in [0.15, 0.2) is 0 Å². The van der Waals surface area contributed by atoms with Crippen molar-refractivity contribution < 1.29 is 9.53 Å². The van der Waals surface area contributed by atoms with Crippen LogP contribution in [0.15, 0.2) is 22.7 Å². The van der Waals surface area contributed by atoms with Crippen LogP contribution in [-0.2, 0) is 17.7 Å². The third kappa shape index (κ3) is 3.75. The van der Waals surface area contributed by atoms with E-state index in [9.17, 15) is 4.79 Å². The fraction of sp³-hybridized carbons (Fsp3) is 0.412. The van der Waals surface area contributed by atoms with Crippen molar-refractivity contribution in [3.05, 3.63) is 39.1 Å². The molecule has 1 aliphatic rings. The number of rotatable bonds is 1. The predicted molar refractivity (Wildman–Crippen MR) is 97.1 cm³/mol. The summed E-state index contributed by atoms with van der Waals surface area (Å²) in [5.74, 6) is 0.720. The molecular weight excluding hydrogens is 394 g/mol. The molecule has 0 spiro atoms. The van der Waals surface area contributed by atoms with E-state index in [0.29, 0.717) is 24.5 Å². The van der Waals surface area contributed by atoms with Crippen LogP contribution < -0.4 is 0 Å². The maximum atomic E-state index is 12.2. The third-order valence-corrected chi connectivity index (χ3v) is 4.49. The largest absolute Gasteiger partial charge is 0.444 e. The third-order valence-electron chi connectivity index (χ3n) is 3.67. The molecular formula is C17H19BrClN3O2. The molecule has 2 heterocycles. The maximum Gasteiger partial charge on any atom is 0.410 e. The van der Waals surface area contributed by atoms with Gasteiger partial charge in [0.2, 0.25) is 0 Å². The molecule has 0 saturated carbocycles. The zero-order valence-corrected chi connectivity index (χ0v) is 16.2. The van der Waals surface area contributed by atoms with Gasteiger partial charge < -0.3 is 14.6 Å². The van der Waals surface area contributed by atoms with Gasteiger partial charge in [-0.05, 0) is 39.0 Å². The molecule has 1 aromatic heterocycles. The normalized spacial score (nSPS) is 14.5. The Morgan fingerprint density at radius 2 is 2.17 bits per heavy atom. The lowest BCUT2D eigenvalue weighted by Gasteiger charge is -2.29. The molecule has 0 saturated heterocycles. The van der Waals surface area contributed by atoms with Crippen LogP contribution in [0.3, 0.4) is 0 Å². The maximum absolute atomic E-state index is 12.2. The van der Waals surface area contributed by atoms with Crippen LogP contribution in [0, 0.1) is 0 Å². The standard InChI is InChI=1S/C17H19BrClN3O2/c1-17(2,3)24-16(23)22-7-6-13-14(9-22)21-15(20-13)11-8-10(18)4-5-12(11)19/h4-5,8H,6-7,9H2,1-3H3,(H,20,21). The molecule has 5 nitrogen and oxygen atoms in total. The second-order valence-electron chi connectivity index (χ2n) is 6.79. The van der Waals surface area contributed by atoms with Crippen molar-refractivity contribution in [3.63, 3.8) is 0 Å². The van der Waals surface area contributed by atoms with E-state index in [1.807, 2.05) is 39.0 Å². The van der Waals surface area contributed by atoms with E-state index in [4.69, 9.17) is 16.3 Å². The van der Waals surface area contributed by atoms with Crippen molar-refractivity contribution in [2.24, 2.45) is 0 Å². The van der Waals surface area contributed by atoms with Gasteiger partial charge >= 0.3 is 6.09 Å². The number of H-pyrrole nitrogens is 1. The molecule has 3 rings (SSSR count). The van der Waals surface area contributed by atoms with Crippen molar-refractivity contribution in [3.8, 4) is 11.4 Å². The number of amides is 1. The molecule has 1 aliphatic heterocycles. The molecule has 2 aromatic rings. The van der Waals surface area contributed by atoms with E-state index in [-0.39, 0.29) is 6.09 Å². The number of aromatic amines is 1. The zero-order valence-electron chi connectivity index (χ0n) is 13.8. The highest BCUT2D eigenvalue weighted by molar-refractivity contribution is 9.10. The average molecular weight is 413 g/mol. The van der Waals surface area contributed by atoms with Crippen LogP contribution in [0.2, 0.25) is 5.02 Å². The number of nitrogens with zero attached hydrogens (tertiary/aromatic N) is 2. The SMILES string of the molecule is CC(C)(C)OC(=O)N1CCc2nc(-c3cc(Br)ccc3Cl)[nH]c2C1. The quantitative estimate of drug-likeness (QED) is 0.733. The van der Waals surface area contributed by atoms with Gasteiger partial charge in [0.05, 0.1) is 23.0 Å². The first-order chi connectivity index (χ1) is 11.2. The van der Waals surface area contributed by atoms with Gasteiger partial charge in [-0.15, -0.1) is 0 Å². The van der Waals surface area contributed by atoms with Gasteiger partial charge in [-0.25, -0.2) is 9.78 Å². The first-order valence-electron chi connectivity index (χ1n) is 7.74. The zero-order chi connectivity index (χ0) is 17.5. The number of hydrogen-bond donors (Lipinski definition) is 1. The van der Waals surface area contributed by atoms with E-state index in [1.54, 1.807) is 4.90 Å². The lowest BCUT2D eigenvalue weighted by molar-refractivity contribution is 0.0221. The van der Waals surface area contributed by atoms with Crippen LogP contribution in [0.5, 0.6) is 0 Å². The number of nitrogens with one attached hydrogen (secondary N) is 1.